The fraction of sp³-hybridized carbons (Fsp3) is 0. The van der Waals surface area contributed by atoms with E-state index in [9.17, 15) is 9.59 Å². The van der Waals surface area contributed by atoms with E-state index < -0.39 is 11.8 Å². The van der Waals surface area contributed by atoms with Crippen LogP contribution < -0.4 is 10.4 Å². The highest BCUT2D eigenvalue weighted by Crippen LogP contribution is 2.08. The van der Waals surface area contributed by atoms with E-state index in [4.69, 9.17) is 4.74 Å². The Kier molecular flexibility index (Phi) is 2.32. The molecule has 0 aliphatic heterocycles. The third-order valence-corrected chi connectivity index (χ3v) is 1.67. The SMILES string of the molecule is O=C(Oc1ccccc1)n1nc[nH]c1=O. The van der Waals surface area contributed by atoms with Crippen molar-refractivity contribution in [1.82, 2.24) is 14.8 Å². The summed E-state index contributed by atoms with van der Waals surface area (Å²) in [6, 6.07) is 8.44. The summed E-state index contributed by atoms with van der Waals surface area (Å²) in [7, 11) is 0. The molecular weight excluding hydrogens is 198 g/mol. The molecule has 6 nitrogen and oxygen atoms in total. The van der Waals surface area contributed by atoms with Gasteiger partial charge in [0.2, 0.25) is 0 Å². The third kappa shape index (κ3) is 1.93. The first kappa shape index (κ1) is 9.20. The number of H-pyrrole nitrogens is 1. The van der Waals surface area contributed by atoms with Crippen molar-refractivity contribution in [3.05, 3.63) is 47.1 Å². The lowest BCUT2D eigenvalue weighted by molar-refractivity contribution is 0.197. The third-order valence-electron chi connectivity index (χ3n) is 1.67. The van der Waals surface area contributed by atoms with E-state index in [1.807, 2.05) is 0 Å². The van der Waals surface area contributed by atoms with Gasteiger partial charge in [0.1, 0.15) is 12.1 Å². The molecule has 1 aromatic heterocycles. The van der Waals surface area contributed by atoms with Gasteiger partial charge in [-0.25, -0.2) is 9.59 Å². The molecule has 0 bridgehead atoms. The maximum atomic E-state index is 11.4. The largest absolute Gasteiger partial charge is 0.444 e. The number of rotatable bonds is 1. The van der Waals surface area contributed by atoms with Gasteiger partial charge in [0.25, 0.3) is 0 Å². The predicted octanol–water partition coefficient (Wildman–Crippen LogP) is 0.618. The van der Waals surface area contributed by atoms with E-state index in [-0.39, 0.29) is 0 Å². The summed E-state index contributed by atoms with van der Waals surface area (Å²) in [4.78, 5) is 24.6. The highest BCUT2D eigenvalue weighted by molar-refractivity contribution is 5.71. The smallest absolute Gasteiger partial charge is 0.409 e. The fourth-order valence-corrected chi connectivity index (χ4v) is 1.02. The molecule has 0 aliphatic carbocycles. The lowest BCUT2D eigenvalue weighted by Crippen LogP contribution is -2.28. The Morgan fingerprint density at radius 1 is 1.33 bits per heavy atom. The number of carbonyl (C=O) groups excluding carboxylic acids is 1. The molecule has 0 amide bonds. The summed E-state index contributed by atoms with van der Waals surface area (Å²) in [5, 5.41) is 3.49. The summed E-state index contributed by atoms with van der Waals surface area (Å²) >= 11 is 0. The maximum absolute atomic E-state index is 11.4. The summed E-state index contributed by atoms with van der Waals surface area (Å²) in [6.07, 6.45) is 0.279. The van der Waals surface area contributed by atoms with Gasteiger partial charge in [0.05, 0.1) is 0 Å². The van der Waals surface area contributed by atoms with Gasteiger partial charge >= 0.3 is 11.8 Å². The van der Waals surface area contributed by atoms with Gasteiger partial charge in [0.15, 0.2) is 0 Å². The van der Waals surface area contributed by atoms with E-state index in [0.29, 0.717) is 10.4 Å². The standard InChI is InChI=1S/C9H7N3O3/c13-8-10-6-11-12(8)9(14)15-7-4-2-1-3-5-7/h1-6H,(H,10,11,13). The van der Waals surface area contributed by atoms with Crippen LogP contribution in [0.3, 0.4) is 0 Å². The summed E-state index contributed by atoms with van der Waals surface area (Å²) in [6.45, 7) is 0. The van der Waals surface area contributed by atoms with Crippen molar-refractivity contribution in [2.75, 3.05) is 0 Å². The second-order valence-corrected chi connectivity index (χ2v) is 2.69. The van der Waals surface area contributed by atoms with E-state index in [2.05, 4.69) is 10.1 Å². The zero-order valence-electron chi connectivity index (χ0n) is 7.58. The van der Waals surface area contributed by atoms with Crippen LogP contribution >= 0.6 is 0 Å². The van der Waals surface area contributed by atoms with Gasteiger partial charge in [0, 0.05) is 0 Å². The van der Waals surface area contributed by atoms with E-state index in [1.165, 1.54) is 0 Å². The Morgan fingerprint density at radius 2 is 2.07 bits per heavy atom. The minimum Gasteiger partial charge on any atom is -0.409 e. The number of hydrogen-bond donors (Lipinski definition) is 1. The molecular formula is C9H7N3O3. The van der Waals surface area contributed by atoms with E-state index in [1.54, 1.807) is 30.3 Å². The van der Waals surface area contributed by atoms with Crippen LogP contribution in [0.4, 0.5) is 4.79 Å². The average Bonchev–Trinajstić information content (AvgIpc) is 2.66. The molecule has 0 unspecified atom stereocenters. The molecule has 2 aromatic rings. The van der Waals surface area contributed by atoms with Gasteiger partial charge < -0.3 is 4.74 Å². The normalized spacial score (nSPS) is 9.87. The second kappa shape index (κ2) is 3.79. The zero-order chi connectivity index (χ0) is 10.7. The van der Waals surface area contributed by atoms with Crippen LogP contribution in [0.25, 0.3) is 0 Å². The number of aromatic nitrogens is 3. The van der Waals surface area contributed by atoms with Crippen molar-refractivity contribution < 1.29 is 9.53 Å². The van der Waals surface area contributed by atoms with Gasteiger partial charge in [-0.2, -0.15) is 0 Å². The van der Waals surface area contributed by atoms with Crippen molar-refractivity contribution in [3.63, 3.8) is 0 Å². The van der Waals surface area contributed by atoms with Crippen LogP contribution in [0.15, 0.2) is 41.5 Å². The van der Waals surface area contributed by atoms with Crippen LogP contribution in [-0.2, 0) is 0 Å². The van der Waals surface area contributed by atoms with Crippen molar-refractivity contribution in [2.24, 2.45) is 0 Å². The molecule has 0 saturated heterocycles. The predicted molar refractivity (Wildman–Crippen MR) is 50.7 cm³/mol. The lowest BCUT2D eigenvalue weighted by Gasteiger charge is -2.01. The first-order valence-corrected chi connectivity index (χ1v) is 4.17. The molecule has 1 heterocycles. The monoisotopic (exact) mass is 205 g/mol. The fourth-order valence-electron chi connectivity index (χ4n) is 1.02. The maximum Gasteiger partial charge on any atom is 0.444 e. The molecule has 0 aliphatic rings. The highest BCUT2D eigenvalue weighted by Gasteiger charge is 2.10. The number of carbonyl (C=O) groups is 1. The Balaban J connectivity index is 2.18. The molecule has 6 heteroatoms. The van der Waals surface area contributed by atoms with E-state index in [0.717, 1.165) is 6.33 Å². The first-order valence-electron chi connectivity index (χ1n) is 4.17. The van der Waals surface area contributed by atoms with Gasteiger partial charge in [-0.15, -0.1) is 9.78 Å². The number of hydrogen-bond acceptors (Lipinski definition) is 4. The summed E-state index contributed by atoms with van der Waals surface area (Å²) < 4.78 is 5.49. The van der Waals surface area contributed by atoms with Crippen molar-refractivity contribution in [1.29, 1.82) is 0 Å². The molecule has 0 fully saturated rings. The van der Waals surface area contributed by atoms with Crippen LogP contribution in [0, 0.1) is 0 Å². The van der Waals surface area contributed by atoms with Crippen molar-refractivity contribution in [3.8, 4) is 5.75 Å². The van der Waals surface area contributed by atoms with Gasteiger partial charge in [-0.1, -0.05) is 18.2 Å². The van der Waals surface area contributed by atoms with Crippen molar-refractivity contribution in [2.45, 2.75) is 0 Å². The molecule has 0 spiro atoms. The van der Waals surface area contributed by atoms with E-state index >= 15 is 0 Å². The Hall–Kier alpha value is -2.37. The topological polar surface area (TPSA) is 77.0 Å². The minimum atomic E-state index is -0.840. The molecule has 0 saturated carbocycles. The van der Waals surface area contributed by atoms with Crippen LogP contribution in [0.5, 0.6) is 5.75 Å². The number of para-hydroxylation sites is 1. The summed E-state index contributed by atoms with van der Waals surface area (Å²) in [5.74, 6) is 0.359. The zero-order valence-corrected chi connectivity index (χ0v) is 7.58. The van der Waals surface area contributed by atoms with Crippen LogP contribution in [0.1, 0.15) is 0 Å². The number of ether oxygens (including phenoxy) is 1. The van der Waals surface area contributed by atoms with Crippen molar-refractivity contribution >= 4 is 6.09 Å². The molecule has 1 aromatic carbocycles. The molecule has 1 N–H and O–H groups in total. The molecule has 76 valence electrons. The summed E-state index contributed by atoms with van der Waals surface area (Å²) in [5.41, 5.74) is -0.629. The second-order valence-electron chi connectivity index (χ2n) is 2.69. The number of benzene rings is 1. The van der Waals surface area contributed by atoms with Gasteiger partial charge in [-0.3, -0.25) is 4.98 Å². The number of aromatic amines is 1. The molecule has 0 radical (unpaired) electrons. The minimum absolute atomic E-state index is 0.359. The Bertz CT molecular complexity index is 515. The Morgan fingerprint density at radius 3 is 2.67 bits per heavy atom. The van der Waals surface area contributed by atoms with Gasteiger partial charge in [-0.05, 0) is 12.1 Å². The number of nitrogens with one attached hydrogen (secondary N) is 1. The highest BCUT2D eigenvalue weighted by atomic mass is 16.6. The van der Waals surface area contributed by atoms with Crippen LogP contribution in [0.2, 0.25) is 0 Å². The first-order chi connectivity index (χ1) is 7.27. The van der Waals surface area contributed by atoms with Crippen LogP contribution in [-0.4, -0.2) is 20.9 Å². The quantitative estimate of drug-likeness (QED) is 0.740. The Labute approximate surface area is 84.1 Å². The number of nitrogens with zero attached hydrogens (tertiary/aromatic N) is 2. The molecule has 2 rings (SSSR count). The lowest BCUT2D eigenvalue weighted by atomic mass is 10.3. The molecule has 15 heavy (non-hydrogen) atoms. The average molecular weight is 205 g/mol. The molecule has 0 atom stereocenters.